The van der Waals surface area contributed by atoms with E-state index in [1.54, 1.807) is 0 Å². The summed E-state index contributed by atoms with van der Waals surface area (Å²) >= 11 is 0. The molecule has 0 saturated carbocycles. The minimum Gasteiger partial charge on any atom is -0.395 e. The first-order chi connectivity index (χ1) is 2.77. The first-order valence-electron chi connectivity index (χ1n) is 1.21. The lowest BCUT2D eigenvalue weighted by Crippen LogP contribution is -2.12. The van der Waals surface area contributed by atoms with Gasteiger partial charge in [0.05, 0.1) is 0 Å². The molecule has 0 aliphatic heterocycles. The number of nitrogens with one attached hydrogen (secondary N) is 1. The summed E-state index contributed by atoms with van der Waals surface area (Å²) in [7, 11) is 0. The van der Waals surface area contributed by atoms with Crippen molar-refractivity contribution in [2.45, 2.75) is 0 Å². The Kier molecular flexibility index (Phi) is 1.81. The summed E-state index contributed by atoms with van der Waals surface area (Å²) in [5.41, 5.74) is 4.53. The van der Waals surface area contributed by atoms with Gasteiger partial charge < -0.3 is 10.5 Å². The van der Waals surface area contributed by atoms with E-state index in [4.69, 9.17) is 5.41 Å². The van der Waals surface area contributed by atoms with Crippen LogP contribution in [0.25, 0.3) is 0 Å². The molecule has 0 heterocycles. The van der Waals surface area contributed by atoms with Crippen LogP contribution in [0.4, 0.5) is 0 Å². The zero-order valence-corrected chi connectivity index (χ0v) is 2.97. The van der Waals surface area contributed by atoms with Gasteiger partial charge in [-0.2, -0.15) is 0 Å². The Hall–Kier alpha value is -1.06. The SMILES string of the molecule is N=C(N)OC=O. The molecule has 0 aromatic rings. The number of hydrogen-bond acceptors (Lipinski definition) is 3. The average Bonchev–Trinajstić information content (AvgIpc) is 1.35. The van der Waals surface area contributed by atoms with Gasteiger partial charge in [0.2, 0.25) is 0 Å². The number of hydrogen-bond donors (Lipinski definition) is 2. The molecule has 0 atom stereocenters. The molecule has 0 fully saturated rings. The highest BCUT2D eigenvalue weighted by Crippen LogP contribution is 1.53. The van der Waals surface area contributed by atoms with E-state index in [9.17, 15) is 4.79 Å². The molecule has 34 valence electrons. The molecule has 0 aliphatic rings. The fourth-order valence-corrected chi connectivity index (χ4v) is 0.0518. The van der Waals surface area contributed by atoms with Crippen molar-refractivity contribution in [2.75, 3.05) is 0 Å². The van der Waals surface area contributed by atoms with E-state index >= 15 is 0 Å². The van der Waals surface area contributed by atoms with Gasteiger partial charge in [-0.3, -0.25) is 10.2 Å². The van der Waals surface area contributed by atoms with Gasteiger partial charge in [0, 0.05) is 0 Å². The van der Waals surface area contributed by atoms with Crippen LogP contribution >= 0.6 is 0 Å². The van der Waals surface area contributed by atoms with Crippen LogP contribution in [0, 0.1) is 5.41 Å². The van der Waals surface area contributed by atoms with Crippen molar-refractivity contribution in [1.82, 2.24) is 0 Å². The molecule has 3 N–H and O–H groups in total. The summed E-state index contributed by atoms with van der Waals surface area (Å²) in [4.78, 5) is 9.17. The highest BCUT2D eigenvalue weighted by atomic mass is 16.5. The van der Waals surface area contributed by atoms with Crippen LogP contribution in [-0.4, -0.2) is 12.5 Å². The molecule has 0 amide bonds. The quantitative estimate of drug-likeness (QED) is 0.246. The lowest BCUT2D eigenvalue weighted by atomic mass is 11.2. The zero-order valence-electron chi connectivity index (χ0n) is 2.97. The third-order valence-electron chi connectivity index (χ3n) is 0.175. The van der Waals surface area contributed by atoms with Crippen LogP contribution in [-0.2, 0) is 9.53 Å². The van der Waals surface area contributed by atoms with Gasteiger partial charge >= 0.3 is 6.47 Å². The molecule has 0 aromatic heterocycles. The smallest absolute Gasteiger partial charge is 0.300 e. The Morgan fingerprint density at radius 3 is 2.50 bits per heavy atom. The van der Waals surface area contributed by atoms with Gasteiger partial charge in [0.15, 0.2) is 0 Å². The predicted octanol–water partition coefficient (Wildman–Crippen LogP) is -0.947. The van der Waals surface area contributed by atoms with Crippen LogP contribution in [0.15, 0.2) is 0 Å². The number of rotatable bonds is 1. The number of nitrogens with two attached hydrogens (primary N) is 1. The second kappa shape index (κ2) is 2.19. The molecule has 0 aliphatic carbocycles. The van der Waals surface area contributed by atoms with Gasteiger partial charge in [-0.25, -0.2) is 0 Å². The third kappa shape index (κ3) is 2.94. The van der Waals surface area contributed by atoms with Gasteiger partial charge in [-0.1, -0.05) is 0 Å². The van der Waals surface area contributed by atoms with Crippen molar-refractivity contribution in [2.24, 2.45) is 5.73 Å². The molecule has 6 heavy (non-hydrogen) atoms. The number of carbonyl (C=O) groups excluding carboxylic acids is 1. The first-order valence-corrected chi connectivity index (χ1v) is 1.21. The monoisotopic (exact) mass is 88.0 g/mol. The molecule has 0 spiro atoms. The lowest BCUT2D eigenvalue weighted by Gasteiger charge is -1.83. The lowest BCUT2D eigenvalue weighted by molar-refractivity contribution is -0.121. The predicted molar refractivity (Wildman–Crippen MR) is 19.1 cm³/mol. The molecule has 4 heteroatoms. The summed E-state index contributed by atoms with van der Waals surface area (Å²) in [6.45, 7) is 0.0995. The van der Waals surface area contributed by atoms with E-state index in [0.29, 0.717) is 0 Å². The second-order valence-electron chi connectivity index (χ2n) is 0.578. The first kappa shape index (κ1) is 4.94. The number of amidine groups is 1. The van der Waals surface area contributed by atoms with Crippen LogP contribution in [0.5, 0.6) is 0 Å². The fourth-order valence-electron chi connectivity index (χ4n) is 0.0518. The Labute approximate surface area is 34.4 Å². The number of ether oxygens (including phenoxy) is 1. The van der Waals surface area contributed by atoms with Crippen LogP contribution in [0.1, 0.15) is 0 Å². The van der Waals surface area contributed by atoms with E-state index < -0.39 is 6.02 Å². The number of carbonyl (C=O) groups is 1. The topological polar surface area (TPSA) is 76.2 Å². The molecule has 0 unspecified atom stereocenters. The van der Waals surface area contributed by atoms with E-state index in [1.165, 1.54) is 0 Å². The van der Waals surface area contributed by atoms with E-state index in [2.05, 4.69) is 10.5 Å². The second-order valence-corrected chi connectivity index (χ2v) is 0.578. The van der Waals surface area contributed by atoms with Crippen molar-refractivity contribution in [3.8, 4) is 0 Å². The van der Waals surface area contributed by atoms with Gasteiger partial charge in [0.25, 0.3) is 6.02 Å². The van der Waals surface area contributed by atoms with Gasteiger partial charge in [0.1, 0.15) is 0 Å². The Bertz CT molecular complexity index is 69.9. The van der Waals surface area contributed by atoms with Crippen LogP contribution < -0.4 is 5.73 Å². The van der Waals surface area contributed by atoms with Gasteiger partial charge in [-0.15, -0.1) is 0 Å². The molecule has 0 saturated heterocycles. The standard InChI is InChI=1S/C2H4N2O2/c3-2(4)6-1-5/h1H,(H3,3,4). The molecule has 0 rings (SSSR count). The van der Waals surface area contributed by atoms with Crippen molar-refractivity contribution in [3.63, 3.8) is 0 Å². The van der Waals surface area contributed by atoms with Crippen molar-refractivity contribution in [1.29, 1.82) is 5.41 Å². The van der Waals surface area contributed by atoms with Crippen molar-refractivity contribution in [3.05, 3.63) is 0 Å². The largest absolute Gasteiger partial charge is 0.395 e. The van der Waals surface area contributed by atoms with E-state index in [1.807, 2.05) is 0 Å². The normalized spacial score (nSPS) is 6.67. The summed E-state index contributed by atoms with van der Waals surface area (Å²) in [6.07, 6.45) is 0. The van der Waals surface area contributed by atoms with E-state index in [0.717, 1.165) is 0 Å². The van der Waals surface area contributed by atoms with E-state index in [-0.39, 0.29) is 6.47 Å². The Morgan fingerprint density at radius 1 is 2.00 bits per heavy atom. The Balaban J connectivity index is 3.05. The minimum absolute atomic E-state index is 0.0995. The fraction of sp³-hybridized carbons (Fsp3) is 0. The van der Waals surface area contributed by atoms with Crippen molar-refractivity contribution < 1.29 is 9.53 Å². The molecule has 4 nitrogen and oxygen atoms in total. The van der Waals surface area contributed by atoms with Crippen LogP contribution in [0.2, 0.25) is 0 Å². The van der Waals surface area contributed by atoms with Crippen LogP contribution in [0.3, 0.4) is 0 Å². The van der Waals surface area contributed by atoms with Gasteiger partial charge in [-0.05, 0) is 0 Å². The molecule has 0 aromatic carbocycles. The zero-order chi connectivity index (χ0) is 4.99. The minimum atomic E-state index is -0.579. The summed E-state index contributed by atoms with van der Waals surface area (Å²) < 4.78 is 3.72. The summed E-state index contributed by atoms with van der Waals surface area (Å²) in [5, 5.41) is 6.22. The highest BCUT2D eigenvalue weighted by Gasteiger charge is 1.76. The van der Waals surface area contributed by atoms with Crippen molar-refractivity contribution >= 4 is 12.5 Å². The maximum Gasteiger partial charge on any atom is 0.300 e. The maximum absolute atomic E-state index is 9.17. The third-order valence-corrected chi connectivity index (χ3v) is 0.175. The Morgan fingerprint density at radius 2 is 2.50 bits per heavy atom. The maximum atomic E-state index is 9.17. The molecule has 0 bridgehead atoms. The molecule has 0 radical (unpaired) electrons. The average molecular weight is 88.1 g/mol. The molecular formula is C2H4N2O2. The summed E-state index contributed by atoms with van der Waals surface area (Å²) in [6, 6.07) is -0.579. The molecular weight excluding hydrogens is 84.0 g/mol. The highest BCUT2D eigenvalue weighted by molar-refractivity contribution is 5.74. The summed E-state index contributed by atoms with van der Waals surface area (Å²) in [5.74, 6) is 0.